The van der Waals surface area contributed by atoms with Crippen LogP contribution < -0.4 is 9.47 Å². The average molecular weight is 383 g/mol. The quantitative estimate of drug-likeness (QED) is 0.564. The first-order valence-electron chi connectivity index (χ1n) is 8.72. The SMILES string of the molecule is CCc1ccc(OCCOc2ccc(-c3nc(C)c(C(=O)O)s3)cc2)cc1. The summed E-state index contributed by atoms with van der Waals surface area (Å²) >= 11 is 1.18. The molecule has 0 aliphatic rings. The van der Waals surface area contributed by atoms with Gasteiger partial charge in [0.25, 0.3) is 0 Å². The zero-order valence-corrected chi connectivity index (χ0v) is 16.1. The fourth-order valence-corrected chi connectivity index (χ4v) is 3.46. The first kappa shape index (κ1) is 18.9. The second kappa shape index (κ2) is 8.68. The lowest BCUT2D eigenvalue weighted by Crippen LogP contribution is -2.08. The van der Waals surface area contributed by atoms with E-state index >= 15 is 0 Å². The van der Waals surface area contributed by atoms with Crippen molar-refractivity contribution >= 4 is 17.3 Å². The Bertz CT molecular complexity index is 901. The van der Waals surface area contributed by atoms with E-state index in [1.807, 2.05) is 36.4 Å². The number of carbonyl (C=O) groups is 1. The van der Waals surface area contributed by atoms with Gasteiger partial charge in [-0.05, 0) is 55.3 Å². The highest BCUT2D eigenvalue weighted by Gasteiger charge is 2.14. The standard InChI is InChI=1S/C21H21NO4S/c1-3-15-4-8-17(9-5-15)25-12-13-26-18-10-6-16(7-11-18)20-22-14(2)19(27-20)21(23)24/h4-11H,3,12-13H2,1-2H3,(H,23,24). The number of benzene rings is 2. The summed E-state index contributed by atoms with van der Waals surface area (Å²) in [4.78, 5) is 15.7. The number of carboxylic acid groups (broad SMARTS) is 1. The topological polar surface area (TPSA) is 68.7 Å². The lowest BCUT2D eigenvalue weighted by molar-refractivity contribution is 0.0701. The normalized spacial score (nSPS) is 10.6. The third-order valence-electron chi connectivity index (χ3n) is 4.04. The van der Waals surface area contributed by atoms with Crippen LogP contribution in [-0.2, 0) is 6.42 Å². The first-order chi connectivity index (χ1) is 13.1. The van der Waals surface area contributed by atoms with Gasteiger partial charge >= 0.3 is 5.97 Å². The molecule has 0 saturated carbocycles. The molecule has 0 spiro atoms. The van der Waals surface area contributed by atoms with Gasteiger partial charge in [0.05, 0.1) is 5.69 Å². The van der Waals surface area contributed by atoms with E-state index in [4.69, 9.17) is 14.6 Å². The van der Waals surface area contributed by atoms with Crippen molar-refractivity contribution in [1.29, 1.82) is 0 Å². The van der Waals surface area contributed by atoms with Crippen molar-refractivity contribution in [1.82, 2.24) is 4.98 Å². The molecule has 0 aliphatic carbocycles. The fourth-order valence-electron chi connectivity index (χ4n) is 2.55. The third-order valence-corrected chi connectivity index (χ3v) is 5.24. The Morgan fingerprint density at radius 1 is 1.00 bits per heavy atom. The molecule has 0 fully saturated rings. The van der Waals surface area contributed by atoms with Crippen LogP contribution in [0.25, 0.3) is 10.6 Å². The second-order valence-corrected chi connectivity index (χ2v) is 6.96. The Morgan fingerprint density at radius 2 is 1.56 bits per heavy atom. The van der Waals surface area contributed by atoms with Crippen LogP contribution in [0, 0.1) is 6.92 Å². The van der Waals surface area contributed by atoms with Gasteiger partial charge in [-0.25, -0.2) is 9.78 Å². The Balaban J connectivity index is 1.51. The monoisotopic (exact) mass is 383 g/mol. The van der Waals surface area contributed by atoms with Gasteiger partial charge in [-0.15, -0.1) is 11.3 Å². The summed E-state index contributed by atoms with van der Waals surface area (Å²) in [5.41, 5.74) is 2.69. The highest BCUT2D eigenvalue weighted by Crippen LogP contribution is 2.29. The van der Waals surface area contributed by atoms with Crippen LogP contribution in [-0.4, -0.2) is 29.3 Å². The van der Waals surface area contributed by atoms with Crippen molar-refractivity contribution in [3.8, 4) is 22.1 Å². The predicted molar refractivity (Wildman–Crippen MR) is 106 cm³/mol. The Morgan fingerprint density at radius 3 is 2.04 bits per heavy atom. The van der Waals surface area contributed by atoms with Gasteiger partial charge in [0, 0.05) is 5.56 Å². The minimum absolute atomic E-state index is 0.273. The van der Waals surface area contributed by atoms with Crippen molar-refractivity contribution in [3.05, 3.63) is 64.7 Å². The van der Waals surface area contributed by atoms with E-state index in [0.29, 0.717) is 23.9 Å². The van der Waals surface area contributed by atoms with Crippen LogP contribution in [0.5, 0.6) is 11.5 Å². The smallest absolute Gasteiger partial charge is 0.347 e. The molecule has 1 heterocycles. The zero-order valence-electron chi connectivity index (χ0n) is 15.3. The zero-order chi connectivity index (χ0) is 19.2. The Hall–Kier alpha value is -2.86. The molecular weight excluding hydrogens is 362 g/mol. The van der Waals surface area contributed by atoms with E-state index in [9.17, 15) is 4.79 Å². The van der Waals surface area contributed by atoms with Crippen LogP contribution in [0.2, 0.25) is 0 Å². The van der Waals surface area contributed by atoms with Gasteiger partial charge in [0.15, 0.2) is 0 Å². The van der Waals surface area contributed by atoms with E-state index in [0.717, 1.165) is 23.5 Å². The number of rotatable bonds is 8. The molecule has 6 heteroatoms. The van der Waals surface area contributed by atoms with Crippen LogP contribution in [0.15, 0.2) is 48.5 Å². The van der Waals surface area contributed by atoms with E-state index in [2.05, 4.69) is 24.0 Å². The molecule has 1 aromatic heterocycles. The van der Waals surface area contributed by atoms with Crippen molar-refractivity contribution in [2.75, 3.05) is 13.2 Å². The maximum atomic E-state index is 11.1. The number of carboxylic acids is 1. The molecule has 3 rings (SSSR count). The molecule has 0 radical (unpaired) electrons. The maximum absolute atomic E-state index is 11.1. The average Bonchev–Trinajstić information content (AvgIpc) is 3.08. The molecule has 140 valence electrons. The minimum atomic E-state index is -0.944. The molecule has 3 aromatic rings. The van der Waals surface area contributed by atoms with Gasteiger partial charge in [0.2, 0.25) is 0 Å². The predicted octanol–water partition coefficient (Wildman–Crippen LogP) is 4.84. The molecular formula is C21H21NO4S. The number of aromatic carboxylic acids is 1. The van der Waals surface area contributed by atoms with E-state index < -0.39 is 5.97 Å². The number of nitrogens with zero attached hydrogens (tertiary/aromatic N) is 1. The molecule has 0 bridgehead atoms. The number of hydrogen-bond acceptors (Lipinski definition) is 5. The first-order valence-corrected chi connectivity index (χ1v) is 9.54. The molecule has 0 unspecified atom stereocenters. The second-order valence-electron chi connectivity index (χ2n) is 5.96. The van der Waals surface area contributed by atoms with Crippen LogP contribution in [0.3, 0.4) is 0 Å². The lowest BCUT2D eigenvalue weighted by atomic mass is 10.2. The minimum Gasteiger partial charge on any atom is -0.490 e. The van der Waals surface area contributed by atoms with Crippen molar-refractivity contribution in [2.24, 2.45) is 0 Å². The molecule has 0 saturated heterocycles. The van der Waals surface area contributed by atoms with E-state index in [1.54, 1.807) is 6.92 Å². The molecule has 0 amide bonds. The summed E-state index contributed by atoms with van der Waals surface area (Å²) in [5, 5.41) is 9.83. The van der Waals surface area contributed by atoms with Gasteiger partial charge in [0.1, 0.15) is 34.6 Å². The van der Waals surface area contributed by atoms with Crippen molar-refractivity contribution < 1.29 is 19.4 Å². The van der Waals surface area contributed by atoms with Gasteiger partial charge < -0.3 is 14.6 Å². The van der Waals surface area contributed by atoms with Crippen molar-refractivity contribution in [2.45, 2.75) is 20.3 Å². The highest BCUT2D eigenvalue weighted by molar-refractivity contribution is 7.17. The number of aryl methyl sites for hydroxylation is 2. The van der Waals surface area contributed by atoms with Crippen LogP contribution >= 0.6 is 11.3 Å². The summed E-state index contributed by atoms with van der Waals surface area (Å²) < 4.78 is 11.4. The summed E-state index contributed by atoms with van der Waals surface area (Å²) in [6.07, 6.45) is 1.01. The molecule has 0 atom stereocenters. The van der Waals surface area contributed by atoms with Crippen LogP contribution in [0.4, 0.5) is 0 Å². The van der Waals surface area contributed by atoms with Crippen molar-refractivity contribution in [3.63, 3.8) is 0 Å². The highest BCUT2D eigenvalue weighted by atomic mass is 32.1. The number of thiazole rings is 1. The summed E-state index contributed by atoms with van der Waals surface area (Å²) in [5.74, 6) is 0.621. The van der Waals surface area contributed by atoms with Gasteiger partial charge in [-0.3, -0.25) is 0 Å². The number of ether oxygens (including phenoxy) is 2. The van der Waals surface area contributed by atoms with Crippen LogP contribution in [0.1, 0.15) is 27.9 Å². The third kappa shape index (κ3) is 4.86. The Kier molecular flexibility index (Phi) is 6.08. The largest absolute Gasteiger partial charge is 0.490 e. The summed E-state index contributed by atoms with van der Waals surface area (Å²) in [6.45, 7) is 4.72. The molecule has 2 aromatic carbocycles. The molecule has 27 heavy (non-hydrogen) atoms. The van der Waals surface area contributed by atoms with E-state index in [-0.39, 0.29) is 4.88 Å². The molecule has 0 aliphatic heterocycles. The number of aromatic nitrogens is 1. The van der Waals surface area contributed by atoms with Gasteiger partial charge in [-0.1, -0.05) is 19.1 Å². The van der Waals surface area contributed by atoms with Gasteiger partial charge in [-0.2, -0.15) is 0 Å². The molecule has 5 nitrogen and oxygen atoms in total. The summed E-state index contributed by atoms with van der Waals surface area (Å²) in [6, 6.07) is 15.5. The fraction of sp³-hybridized carbons (Fsp3) is 0.238. The maximum Gasteiger partial charge on any atom is 0.347 e. The Labute approximate surface area is 162 Å². The molecule has 1 N–H and O–H groups in total. The summed E-state index contributed by atoms with van der Waals surface area (Å²) in [7, 11) is 0. The van der Waals surface area contributed by atoms with E-state index in [1.165, 1.54) is 16.9 Å². The lowest BCUT2D eigenvalue weighted by Gasteiger charge is -2.09. The number of hydrogen-bond donors (Lipinski definition) is 1.